The van der Waals surface area contributed by atoms with Gasteiger partial charge in [-0.1, -0.05) is 364 Å². The third kappa shape index (κ3) is 63.2. The van der Waals surface area contributed by atoms with E-state index >= 15 is 0 Å². The first kappa shape index (κ1) is 74.3. The Kier molecular flexibility index (Phi) is 66.2. The smallest absolute Gasteiger partial charge is 0.220 e. The van der Waals surface area contributed by atoms with Crippen molar-refractivity contribution in [3.05, 3.63) is 48.6 Å². The van der Waals surface area contributed by atoms with Crippen molar-refractivity contribution in [1.29, 1.82) is 0 Å². The molecule has 4 heteroatoms. The highest BCUT2D eigenvalue weighted by molar-refractivity contribution is 5.76. The normalized spacial score (nSPS) is 12.9. The number of rotatable bonds is 65. The molecule has 2 atom stereocenters. The van der Waals surface area contributed by atoms with Crippen LogP contribution in [0.2, 0.25) is 0 Å². The molecular formula is C72H137NO3. The van der Waals surface area contributed by atoms with Gasteiger partial charge in [-0.3, -0.25) is 4.79 Å². The molecule has 0 aliphatic heterocycles. The van der Waals surface area contributed by atoms with Gasteiger partial charge in [0.2, 0.25) is 5.91 Å². The predicted octanol–water partition coefficient (Wildman–Crippen LogP) is 23.7. The molecule has 0 fully saturated rings. The average Bonchev–Trinajstić information content (AvgIpc) is 3.42. The second-order valence-corrected chi connectivity index (χ2v) is 23.9. The molecule has 0 radical (unpaired) electrons. The number of nitrogens with one attached hydrogen (secondary N) is 1. The first-order valence-corrected chi connectivity index (χ1v) is 34.9. The average molecular weight is 1060 g/mol. The quantitative estimate of drug-likeness (QED) is 0.0420. The summed E-state index contributed by atoms with van der Waals surface area (Å²) in [5, 5.41) is 23.3. The standard InChI is InChI=1S/C72H137NO3/c1-3-5-7-9-11-13-15-17-19-21-23-25-27-29-31-33-35-36-38-39-41-43-45-47-49-51-53-55-57-59-61-63-65-67-71(75)70(69-74)73-72(76)68-66-64-62-60-58-56-54-52-50-48-46-44-42-40-37-34-32-30-28-26-24-22-20-18-16-14-12-10-8-6-4-2/h16,18,22,24,57,59,65,67,70-71,74-75H,3-15,17,19-21,23,25-56,58,60-64,66,68-69H2,1-2H3,(H,73,76)/b18-16-,24-22-,59-57+,67-65+. The molecule has 0 bridgehead atoms. The van der Waals surface area contributed by atoms with Gasteiger partial charge in [-0.05, 0) is 64.2 Å². The van der Waals surface area contributed by atoms with Gasteiger partial charge in [0.25, 0.3) is 0 Å². The monoisotopic (exact) mass is 1060 g/mol. The van der Waals surface area contributed by atoms with Gasteiger partial charge in [-0.2, -0.15) is 0 Å². The SMILES string of the molecule is CCCCCCC/C=C\C/C=C\CCCCCCCCCCCCCCCCCCCCCC(=O)NC(CO)C(O)/C=C/CC/C=C/CCCCCCCCCCCCCCCCCCCCCCCCCCCCC. The zero-order valence-electron chi connectivity index (χ0n) is 51.8. The summed E-state index contributed by atoms with van der Waals surface area (Å²) in [6.45, 7) is 4.33. The molecule has 76 heavy (non-hydrogen) atoms. The van der Waals surface area contributed by atoms with E-state index in [0.717, 1.165) is 38.5 Å². The Bertz CT molecular complexity index is 1210. The van der Waals surface area contributed by atoms with Crippen LogP contribution in [0.3, 0.4) is 0 Å². The molecule has 0 spiro atoms. The minimum Gasteiger partial charge on any atom is -0.394 e. The third-order valence-electron chi connectivity index (χ3n) is 16.3. The van der Waals surface area contributed by atoms with Crippen LogP contribution in [-0.4, -0.2) is 34.9 Å². The van der Waals surface area contributed by atoms with E-state index in [4.69, 9.17) is 0 Å². The van der Waals surface area contributed by atoms with Crippen molar-refractivity contribution in [3.63, 3.8) is 0 Å². The number of carbonyl (C=O) groups excluding carboxylic acids is 1. The fourth-order valence-electron chi connectivity index (χ4n) is 11.0. The van der Waals surface area contributed by atoms with Crippen LogP contribution in [0, 0.1) is 0 Å². The van der Waals surface area contributed by atoms with Crippen molar-refractivity contribution in [3.8, 4) is 0 Å². The number of amides is 1. The van der Waals surface area contributed by atoms with E-state index in [2.05, 4.69) is 55.6 Å². The zero-order valence-corrected chi connectivity index (χ0v) is 51.8. The van der Waals surface area contributed by atoms with Crippen LogP contribution in [0.25, 0.3) is 0 Å². The summed E-state index contributed by atoms with van der Waals surface area (Å²) in [7, 11) is 0. The van der Waals surface area contributed by atoms with E-state index in [0.29, 0.717) is 6.42 Å². The minimum atomic E-state index is -0.864. The summed E-state index contributed by atoms with van der Waals surface area (Å²) in [5.41, 5.74) is 0. The largest absolute Gasteiger partial charge is 0.394 e. The maximum Gasteiger partial charge on any atom is 0.220 e. The van der Waals surface area contributed by atoms with Crippen LogP contribution in [0.1, 0.15) is 386 Å². The summed E-state index contributed by atoms with van der Waals surface area (Å²) in [4.78, 5) is 12.5. The number of unbranched alkanes of at least 4 members (excludes halogenated alkanes) is 52. The van der Waals surface area contributed by atoms with Crippen molar-refractivity contribution >= 4 is 5.91 Å². The number of hydrogen-bond acceptors (Lipinski definition) is 3. The number of aliphatic hydroxyl groups is 2. The highest BCUT2D eigenvalue weighted by Gasteiger charge is 2.18. The molecular weight excluding hydrogens is 927 g/mol. The fraction of sp³-hybridized carbons (Fsp3) is 0.875. The Labute approximate surface area is 477 Å². The van der Waals surface area contributed by atoms with Crippen molar-refractivity contribution < 1.29 is 15.0 Å². The van der Waals surface area contributed by atoms with Crippen LogP contribution in [0.15, 0.2) is 48.6 Å². The molecule has 0 aliphatic carbocycles. The Hall–Kier alpha value is -1.65. The molecule has 0 heterocycles. The Morgan fingerprint density at radius 3 is 0.842 bits per heavy atom. The van der Waals surface area contributed by atoms with Gasteiger partial charge in [0.15, 0.2) is 0 Å². The van der Waals surface area contributed by atoms with Crippen molar-refractivity contribution in [2.45, 2.75) is 398 Å². The molecule has 0 aromatic heterocycles. The minimum absolute atomic E-state index is 0.0671. The maximum absolute atomic E-state index is 12.5. The van der Waals surface area contributed by atoms with Gasteiger partial charge in [0.1, 0.15) is 0 Å². The number of hydrogen-bond donors (Lipinski definition) is 3. The molecule has 0 saturated heterocycles. The van der Waals surface area contributed by atoms with Crippen LogP contribution in [-0.2, 0) is 4.79 Å². The molecule has 448 valence electrons. The van der Waals surface area contributed by atoms with Gasteiger partial charge in [-0.25, -0.2) is 0 Å². The van der Waals surface area contributed by atoms with Gasteiger partial charge in [0.05, 0.1) is 18.8 Å². The molecule has 4 nitrogen and oxygen atoms in total. The van der Waals surface area contributed by atoms with E-state index < -0.39 is 12.1 Å². The van der Waals surface area contributed by atoms with E-state index in [1.54, 1.807) is 6.08 Å². The lowest BCUT2D eigenvalue weighted by Gasteiger charge is -2.19. The molecule has 0 saturated carbocycles. The number of aliphatic hydroxyl groups excluding tert-OH is 2. The van der Waals surface area contributed by atoms with E-state index in [9.17, 15) is 15.0 Å². The van der Waals surface area contributed by atoms with Crippen molar-refractivity contribution in [2.75, 3.05) is 6.61 Å². The summed E-state index contributed by atoms with van der Waals surface area (Å²) in [6.07, 6.45) is 94.9. The maximum atomic E-state index is 12.5. The second-order valence-electron chi connectivity index (χ2n) is 23.9. The van der Waals surface area contributed by atoms with E-state index in [-0.39, 0.29) is 12.5 Å². The lowest BCUT2D eigenvalue weighted by Crippen LogP contribution is -2.45. The van der Waals surface area contributed by atoms with E-state index in [1.165, 1.54) is 327 Å². The van der Waals surface area contributed by atoms with Gasteiger partial charge >= 0.3 is 0 Å². The summed E-state index contributed by atoms with van der Waals surface area (Å²) >= 11 is 0. The van der Waals surface area contributed by atoms with Crippen molar-refractivity contribution in [2.24, 2.45) is 0 Å². The first-order chi connectivity index (χ1) is 37.7. The van der Waals surface area contributed by atoms with Crippen molar-refractivity contribution in [1.82, 2.24) is 5.32 Å². The van der Waals surface area contributed by atoms with Gasteiger partial charge < -0.3 is 15.5 Å². The van der Waals surface area contributed by atoms with Crippen LogP contribution in [0.4, 0.5) is 0 Å². The lowest BCUT2D eigenvalue weighted by atomic mass is 10.0. The first-order valence-electron chi connectivity index (χ1n) is 34.9. The summed E-state index contributed by atoms with van der Waals surface area (Å²) in [5.74, 6) is -0.0671. The molecule has 0 rings (SSSR count). The number of carbonyl (C=O) groups is 1. The van der Waals surface area contributed by atoms with Crippen LogP contribution in [0.5, 0.6) is 0 Å². The molecule has 3 N–H and O–H groups in total. The molecule has 0 aliphatic rings. The predicted molar refractivity (Wildman–Crippen MR) is 341 cm³/mol. The lowest BCUT2D eigenvalue weighted by molar-refractivity contribution is -0.123. The molecule has 0 aromatic rings. The Balaban J connectivity index is 3.45. The van der Waals surface area contributed by atoms with E-state index in [1.807, 2.05) is 6.08 Å². The zero-order chi connectivity index (χ0) is 54.8. The van der Waals surface area contributed by atoms with Gasteiger partial charge in [-0.15, -0.1) is 0 Å². The highest BCUT2D eigenvalue weighted by atomic mass is 16.3. The summed E-state index contributed by atoms with van der Waals surface area (Å²) in [6, 6.07) is -0.641. The summed E-state index contributed by atoms with van der Waals surface area (Å²) < 4.78 is 0. The Morgan fingerprint density at radius 2 is 0.553 bits per heavy atom. The van der Waals surface area contributed by atoms with Crippen LogP contribution < -0.4 is 5.32 Å². The van der Waals surface area contributed by atoms with Crippen LogP contribution >= 0.6 is 0 Å². The second kappa shape index (κ2) is 67.6. The highest BCUT2D eigenvalue weighted by Crippen LogP contribution is 2.19. The number of allylic oxidation sites excluding steroid dienone is 7. The molecule has 0 aromatic carbocycles. The van der Waals surface area contributed by atoms with Gasteiger partial charge in [0, 0.05) is 6.42 Å². The fourth-order valence-corrected chi connectivity index (χ4v) is 11.0. The Morgan fingerprint density at radius 1 is 0.316 bits per heavy atom. The molecule has 1 amide bonds. The third-order valence-corrected chi connectivity index (χ3v) is 16.3. The topological polar surface area (TPSA) is 69.6 Å². The molecule has 2 unspecified atom stereocenters.